The molecule has 4 aromatic rings. The van der Waals surface area contributed by atoms with E-state index < -0.39 is 23.7 Å². The van der Waals surface area contributed by atoms with Crippen LogP contribution in [0.1, 0.15) is 32.6 Å². The minimum Gasteiger partial charge on any atom is -0.496 e. The largest absolute Gasteiger partial charge is 0.496 e. The van der Waals surface area contributed by atoms with Crippen LogP contribution >= 0.6 is 0 Å². The Morgan fingerprint density at radius 3 is 2.54 bits per heavy atom. The zero-order valence-electron chi connectivity index (χ0n) is 22.3. The summed E-state index contributed by atoms with van der Waals surface area (Å²) in [6.07, 6.45) is 0.946. The fraction of sp³-hybridized carbons (Fsp3) is 0.250. The molecule has 1 heterocycles. The molecule has 1 atom stereocenters. The number of aliphatic carboxylic acids is 1. The van der Waals surface area contributed by atoms with E-state index >= 15 is 0 Å². The highest BCUT2D eigenvalue weighted by Crippen LogP contribution is 2.41. The highest BCUT2D eigenvalue weighted by atomic mass is 19.1. The number of carbonyl (C=O) groups excluding carboxylic acids is 1. The molecule has 0 aliphatic carbocycles. The number of carbonyl (C=O) groups is 2. The number of fused-ring (bicyclic) bond motifs is 2. The number of hydrogen-bond donors (Lipinski definition) is 2. The number of nitrogens with one attached hydrogen (secondary N) is 1. The number of methoxy groups -OCH3 is 1. The van der Waals surface area contributed by atoms with E-state index in [1.807, 2.05) is 36.4 Å². The molecule has 39 heavy (non-hydrogen) atoms. The minimum absolute atomic E-state index is 0.0458. The molecule has 0 radical (unpaired) electrons. The van der Waals surface area contributed by atoms with Crippen LogP contribution in [-0.2, 0) is 24.2 Å². The molecule has 0 saturated heterocycles. The molecule has 200 valence electrons. The molecule has 0 fully saturated rings. The lowest BCUT2D eigenvalue weighted by molar-refractivity contribution is -0.139. The maximum atomic E-state index is 14.4. The van der Waals surface area contributed by atoms with Gasteiger partial charge in [0, 0.05) is 25.1 Å². The highest BCUT2D eigenvalue weighted by Gasteiger charge is 2.26. The molecule has 0 bridgehead atoms. The molecule has 7 heteroatoms. The number of carboxylic acids is 1. The number of carboxylic acid groups (broad SMARTS) is 1. The second kappa shape index (κ2) is 10.9. The first-order valence-corrected chi connectivity index (χ1v) is 13.0. The highest BCUT2D eigenvalue weighted by molar-refractivity contribution is 6.01. The zero-order valence-corrected chi connectivity index (χ0v) is 22.3. The first-order valence-electron chi connectivity index (χ1n) is 13.0. The molecule has 1 amide bonds. The number of hydrogen-bond acceptors (Lipinski definition) is 4. The molecule has 1 aliphatic heterocycles. The van der Waals surface area contributed by atoms with Crippen molar-refractivity contribution in [2.24, 2.45) is 0 Å². The van der Waals surface area contributed by atoms with Crippen LogP contribution in [-0.4, -0.2) is 48.6 Å². The van der Waals surface area contributed by atoms with Crippen LogP contribution in [0.25, 0.3) is 21.9 Å². The van der Waals surface area contributed by atoms with Crippen LogP contribution in [0.5, 0.6) is 5.75 Å². The van der Waals surface area contributed by atoms with Crippen molar-refractivity contribution in [3.63, 3.8) is 0 Å². The third kappa shape index (κ3) is 5.10. The van der Waals surface area contributed by atoms with Crippen molar-refractivity contribution in [1.82, 2.24) is 10.2 Å². The molecule has 6 nitrogen and oxygen atoms in total. The van der Waals surface area contributed by atoms with E-state index in [1.54, 1.807) is 20.1 Å². The second-order valence-corrected chi connectivity index (χ2v) is 10.1. The Hall–Kier alpha value is -4.23. The van der Waals surface area contributed by atoms with Gasteiger partial charge in [-0.2, -0.15) is 0 Å². The van der Waals surface area contributed by atoms with Crippen LogP contribution < -0.4 is 10.1 Å². The number of nitrogens with zero attached hydrogens (tertiary/aromatic N) is 1. The van der Waals surface area contributed by atoms with Gasteiger partial charge in [0.1, 0.15) is 17.6 Å². The monoisotopic (exact) mass is 526 g/mol. The topological polar surface area (TPSA) is 78.9 Å². The van der Waals surface area contributed by atoms with Gasteiger partial charge in [0.15, 0.2) is 0 Å². The number of amides is 1. The summed E-state index contributed by atoms with van der Waals surface area (Å²) in [7, 11) is 3.79. The molecule has 4 aromatic carbocycles. The van der Waals surface area contributed by atoms with Crippen LogP contribution in [0.15, 0.2) is 66.7 Å². The Morgan fingerprint density at radius 1 is 1.05 bits per heavy atom. The number of likely N-dealkylation sites (N-methyl/N-ethyl adjacent to an activating group) is 1. The lowest BCUT2D eigenvalue weighted by Crippen LogP contribution is -2.42. The smallest absolute Gasteiger partial charge is 0.326 e. The van der Waals surface area contributed by atoms with Gasteiger partial charge in [-0.05, 0) is 71.1 Å². The fourth-order valence-corrected chi connectivity index (χ4v) is 5.58. The first kappa shape index (κ1) is 26.4. The molecule has 5 rings (SSSR count). The average Bonchev–Trinajstić information content (AvgIpc) is 2.91. The van der Waals surface area contributed by atoms with Gasteiger partial charge in [-0.15, -0.1) is 0 Å². The van der Waals surface area contributed by atoms with Gasteiger partial charge in [-0.1, -0.05) is 54.6 Å². The summed E-state index contributed by atoms with van der Waals surface area (Å²) in [6, 6.07) is 19.0. The number of rotatable bonds is 7. The van der Waals surface area contributed by atoms with Crippen molar-refractivity contribution in [2.75, 3.05) is 20.7 Å². The van der Waals surface area contributed by atoms with Crippen LogP contribution in [0, 0.1) is 12.7 Å². The zero-order chi connectivity index (χ0) is 27.7. The predicted octanol–water partition coefficient (Wildman–Crippen LogP) is 5.38. The molecular weight excluding hydrogens is 495 g/mol. The lowest BCUT2D eigenvalue weighted by atomic mass is 9.86. The van der Waals surface area contributed by atoms with Crippen molar-refractivity contribution in [2.45, 2.75) is 32.4 Å². The Morgan fingerprint density at radius 2 is 1.79 bits per heavy atom. The van der Waals surface area contributed by atoms with Gasteiger partial charge in [0.25, 0.3) is 5.91 Å². The Balaban J connectivity index is 1.55. The van der Waals surface area contributed by atoms with E-state index in [0.717, 1.165) is 52.7 Å². The van der Waals surface area contributed by atoms with Gasteiger partial charge >= 0.3 is 5.97 Å². The number of halogens is 1. The SMILES string of the molecule is COc1ccc2c(c1-c1cccc3c(C[C@H](NC(=O)c4c(C)cccc4F)C(=O)O)cccc13)CCN(C)C2. The summed E-state index contributed by atoms with van der Waals surface area (Å²) in [5, 5.41) is 14.4. The summed E-state index contributed by atoms with van der Waals surface area (Å²) < 4.78 is 20.2. The maximum absolute atomic E-state index is 14.4. The Labute approximate surface area is 227 Å². The fourth-order valence-electron chi connectivity index (χ4n) is 5.58. The summed E-state index contributed by atoms with van der Waals surface area (Å²) in [4.78, 5) is 27.4. The van der Waals surface area contributed by atoms with Gasteiger partial charge in [-0.25, -0.2) is 9.18 Å². The summed E-state index contributed by atoms with van der Waals surface area (Å²) in [5.41, 5.74) is 5.68. The number of benzene rings is 4. The first-order chi connectivity index (χ1) is 18.8. The molecule has 0 aromatic heterocycles. The van der Waals surface area contributed by atoms with E-state index in [0.29, 0.717) is 5.56 Å². The second-order valence-electron chi connectivity index (χ2n) is 10.1. The normalized spacial score (nSPS) is 14.1. The quantitative estimate of drug-likeness (QED) is 0.338. The third-order valence-electron chi connectivity index (χ3n) is 7.53. The molecule has 0 saturated carbocycles. The minimum atomic E-state index is -1.24. The van der Waals surface area contributed by atoms with Crippen molar-refractivity contribution in [1.29, 1.82) is 0 Å². The van der Waals surface area contributed by atoms with E-state index in [9.17, 15) is 19.1 Å². The van der Waals surface area contributed by atoms with Crippen molar-refractivity contribution >= 4 is 22.6 Å². The maximum Gasteiger partial charge on any atom is 0.326 e. The molecular formula is C32H31FN2O4. The molecule has 0 unspecified atom stereocenters. The van der Waals surface area contributed by atoms with E-state index in [1.165, 1.54) is 23.3 Å². The Bertz CT molecular complexity index is 1560. The van der Waals surface area contributed by atoms with Crippen LogP contribution in [0.4, 0.5) is 4.39 Å². The number of aryl methyl sites for hydroxylation is 1. The van der Waals surface area contributed by atoms with E-state index in [4.69, 9.17) is 4.74 Å². The summed E-state index contributed by atoms with van der Waals surface area (Å²) >= 11 is 0. The van der Waals surface area contributed by atoms with Crippen LogP contribution in [0.3, 0.4) is 0 Å². The molecule has 1 aliphatic rings. The Kier molecular flexibility index (Phi) is 7.35. The standard InChI is InChI=1S/C32H31FN2O4/c1-19-7-4-12-26(33)29(19)31(36)34-27(32(37)38)17-20-8-5-10-24-22(20)9-6-11-25(24)30-23-15-16-35(2)18-21(23)13-14-28(30)39-3/h4-14,27H,15-18H2,1-3H3,(H,34,36)(H,37,38)/t27-/m0/s1. The molecule has 2 N–H and O–H groups in total. The summed E-state index contributed by atoms with van der Waals surface area (Å²) in [5.74, 6) is -1.82. The average molecular weight is 527 g/mol. The van der Waals surface area contributed by atoms with E-state index in [2.05, 4.69) is 29.4 Å². The van der Waals surface area contributed by atoms with Crippen molar-refractivity contribution < 1.29 is 23.8 Å². The van der Waals surface area contributed by atoms with Gasteiger partial charge in [-0.3, -0.25) is 4.79 Å². The van der Waals surface area contributed by atoms with Gasteiger partial charge < -0.3 is 20.1 Å². The van der Waals surface area contributed by atoms with Crippen molar-refractivity contribution in [3.8, 4) is 16.9 Å². The predicted molar refractivity (Wildman–Crippen MR) is 150 cm³/mol. The van der Waals surface area contributed by atoms with Crippen molar-refractivity contribution in [3.05, 3.63) is 100 Å². The summed E-state index contributed by atoms with van der Waals surface area (Å²) in [6.45, 7) is 3.43. The third-order valence-corrected chi connectivity index (χ3v) is 7.53. The van der Waals surface area contributed by atoms with Gasteiger partial charge in [0.2, 0.25) is 0 Å². The van der Waals surface area contributed by atoms with Gasteiger partial charge in [0.05, 0.1) is 12.7 Å². The lowest BCUT2D eigenvalue weighted by Gasteiger charge is -2.28. The molecule has 0 spiro atoms. The van der Waals surface area contributed by atoms with E-state index in [-0.39, 0.29) is 12.0 Å². The number of ether oxygens (including phenoxy) is 1. The van der Waals surface area contributed by atoms with Crippen LogP contribution in [0.2, 0.25) is 0 Å².